The molecule has 4 heteroatoms. The SMILES string of the molecule is CCCCOc1ccc2c(F)c(C(=O)OC)ccc2c1. The number of hydrogen-bond acceptors (Lipinski definition) is 3. The number of benzene rings is 2. The Morgan fingerprint density at radius 2 is 2.05 bits per heavy atom. The summed E-state index contributed by atoms with van der Waals surface area (Å²) < 4.78 is 24.3. The zero-order valence-electron chi connectivity index (χ0n) is 11.6. The lowest BCUT2D eigenvalue weighted by molar-refractivity contribution is 0.0596. The van der Waals surface area contributed by atoms with Gasteiger partial charge in [0.25, 0.3) is 0 Å². The van der Waals surface area contributed by atoms with E-state index in [-0.39, 0.29) is 5.56 Å². The molecule has 2 aromatic rings. The molecule has 0 bridgehead atoms. The second-order valence-electron chi connectivity index (χ2n) is 4.50. The fraction of sp³-hybridized carbons (Fsp3) is 0.312. The summed E-state index contributed by atoms with van der Waals surface area (Å²) in [4.78, 5) is 11.4. The van der Waals surface area contributed by atoms with Crippen LogP contribution < -0.4 is 4.74 Å². The first-order valence-electron chi connectivity index (χ1n) is 6.60. The minimum Gasteiger partial charge on any atom is -0.494 e. The van der Waals surface area contributed by atoms with E-state index < -0.39 is 11.8 Å². The molecule has 0 aliphatic rings. The van der Waals surface area contributed by atoms with Gasteiger partial charge < -0.3 is 9.47 Å². The molecule has 0 N–H and O–H groups in total. The molecule has 0 heterocycles. The third-order valence-electron chi connectivity index (χ3n) is 3.10. The van der Waals surface area contributed by atoms with Gasteiger partial charge in [0.1, 0.15) is 11.6 Å². The Bertz CT molecular complexity index is 622. The Labute approximate surface area is 117 Å². The van der Waals surface area contributed by atoms with E-state index in [9.17, 15) is 9.18 Å². The van der Waals surface area contributed by atoms with Crippen molar-refractivity contribution in [2.24, 2.45) is 0 Å². The van der Waals surface area contributed by atoms with Crippen molar-refractivity contribution >= 4 is 16.7 Å². The Balaban J connectivity index is 2.33. The second kappa shape index (κ2) is 6.37. The Hall–Kier alpha value is -2.10. The van der Waals surface area contributed by atoms with E-state index in [2.05, 4.69) is 11.7 Å². The van der Waals surface area contributed by atoms with Crippen molar-refractivity contribution in [3.63, 3.8) is 0 Å². The minimum absolute atomic E-state index is 0.0559. The van der Waals surface area contributed by atoms with Gasteiger partial charge in [-0.3, -0.25) is 0 Å². The Morgan fingerprint density at radius 1 is 1.25 bits per heavy atom. The number of hydrogen-bond donors (Lipinski definition) is 0. The number of methoxy groups -OCH3 is 1. The van der Waals surface area contributed by atoms with Crippen molar-refractivity contribution in [2.45, 2.75) is 19.8 Å². The van der Waals surface area contributed by atoms with Gasteiger partial charge in [0.2, 0.25) is 0 Å². The molecule has 20 heavy (non-hydrogen) atoms. The lowest BCUT2D eigenvalue weighted by Crippen LogP contribution is -2.04. The largest absolute Gasteiger partial charge is 0.494 e. The molecule has 0 aliphatic heterocycles. The molecule has 0 aliphatic carbocycles. The van der Waals surface area contributed by atoms with Crippen molar-refractivity contribution in [1.82, 2.24) is 0 Å². The van der Waals surface area contributed by atoms with Gasteiger partial charge in [0, 0.05) is 5.39 Å². The third kappa shape index (κ3) is 2.90. The van der Waals surface area contributed by atoms with Gasteiger partial charge in [-0.15, -0.1) is 0 Å². The molecule has 0 spiro atoms. The highest BCUT2D eigenvalue weighted by molar-refractivity contribution is 5.96. The molecular weight excluding hydrogens is 259 g/mol. The van der Waals surface area contributed by atoms with Gasteiger partial charge in [-0.2, -0.15) is 0 Å². The standard InChI is InChI=1S/C16H17FO3/c1-3-4-9-20-12-6-8-13-11(10-12)5-7-14(15(13)17)16(18)19-2/h5-8,10H,3-4,9H2,1-2H3. The zero-order chi connectivity index (χ0) is 14.5. The summed E-state index contributed by atoms with van der Waals surface area (Å²) in [5, 5.41) is 1.08. The molecule has 2 aromatic carbocycles. The van der Waals surface area contributed by atoms with Crippen LogP contribution in [0.5, 0.6) is 5.75 Å². The number of esters is 1. The summed E-state index contributed by atoms with van der Waals surface area (Å²) in [6.45, 7) is 2.73. The highest BCUT2D eigenvalue weighted by atomic mass is 19.1. The first kappa shape index (κ1) is 14.3. The second-order valence-corrected chi connectivity index (χ2v) is 4.50. The average Bonchev–Trinajstić information content (AvgIpc) is 2.47. The average molecular weight is 276 g/mol. The fourth-order valence-electron chi connectivity index (χ4n) is 1.96. The van der Waals surface area contributed by atoms with E-state index in [1.165, 1.54) is 13.2 Å². The summed E-state index contributed by atoms with van der Waals surface area (Å²) in [6, 6.07) is 8.23. The van der Waals surface area contributed by atoms with Crippen LogP contribution in [0.1, 0.15) is 30.1 Å². The van der Waals surface area contributed by atoms with Gasteiger partial charge in [0.15, 0.2) is 0 Å². The molecule has 0 atom stereocenters. The lowest BCUT2D eigenvalue weighted by Gasteiger charge is -2.08. The summed E-state index contributed by atoms with van der Waals surface area (Å²) >= 11 is 0. The number of carbonyl (C=O) groups is 1. The maximum absolute atomic E-state index is 14.2. The number of fused-ring (bicyclic) bond motifs is 1. The van der Waals surface area contributed by atoms with Crippen molar-refractivity contribution < 1.29 is 18.7 Å². The quantitative estimate of drug-likeness (QED) is 0.613. The smallest absolute Gasteiger partial charge is 0.340 e. The Kier molecular flexibility index (Phi) is 4.56. The molecule has 106 valence electrons. The van der Waals surface area contributed by atoms with E-state index in [1.807, 2.05) is 0 Å². The highest BCUT2D eigenvalue weighted by Crippen LogP contribution is 2.26. The summed E-state index contributed by atoms with van der Waals surface area (Å²) in [6.07, 6.45) is 2.04. The van der Waals surface area contributed by atoms with Crippen LogP contribution in [0.15, 0.2) is 30.3 Å². The van der Waals surface area contributed by atoms with Crippen LogP contribution in [0.4, 0.5) is 4.39 Å². The van der Waals surface area contributed by atoms with E-state index in [4.69, 9.17) is 4.74 Å². The molecule has 3 nitrogen and oxygen atoms in total. The first-order valence-corrected chi connectivity index (χ1v) is 6.60. The number of carbonyl (C=O) groups excluding carboxylic acids is 1. The normalized spacial score (nSPS) is 10.6. The minimum atomic E-state index is -0.673. The van der Waals surface area contributed by atoms with Crippen molar-refractivity contribution in [2.75, 3.05) is 13.7 Å². The molecule has 0 unspecified atom stereocenters. The molecule has 0 amide bonds. The number of unbranched alkanes of at least 4 members (excludes halogenated alkanes) is 1. The van der Waals surface area contributed by atoms with Gasteiger partial charge in [-0.1, -0.05) is 19.4 Å². The zero-order valence-corrected chi connectivity index (χ0v) is 11.6. The fourth-order valence-corrected chi connectivity index (χ4v) is 1.96. The van der Waals surface area contributed by atoms with E-state index >= 15 is 0 Å². The third-order valence-corrected chi connectivity index (χ3v) is 3.10. The van der Waals surface area contributed by atoms with Crippen LogP contribution in [-0.2, 0) is 4.74 Å². The maximum Gasteiger partial charge on any atom is 0.340 e. The lowest BCUT2D eigenvalue weighted by atomic mass is 10.1. The first-order chi connectivity index (χ1) is 9.67. The van der Waals surface area contributed by atoms with E-state index in [0.717, 1.165) is 12.8 Å². The van der Waals surface area contributed by atoms with E-state index in [1.54, 1.807) is 24.3 Å². The van der Waals surface area contributed by atoms with Gasteiger partial charge in [-0.25, -0.2) is 9.18 Å². The van der Waals surface area contributed by atoms with Crippen molar-refractivity contribution in [3.8, 4) is 5.75 Å². The van der Waals surface area contributed by atoms with E-state index in [0.29, 0.717) is 23.1 Å². The van der Waals surface area contributed by atoms with Crippen LogP contribution in [0, 0.1) is 5.82 Å². The molecule has 0 fully saturated rings. The molecule has 0 aromatic heterocycles. The summed E-state index contributed by atoms with van der Waals surface area (Å²) in [7, 11) is 1.23. The van der Waals surface area contributed by atoms with Crippen LogP contribution >= 0.6 is 0 Å². The van der Waals surface area contributed by atoms with Crippen LogP contribution in [0.3, 0.4) is 0 Å². The maximum atomic E-state index is 14.2. The predicted molar refractivity (Wildman–Crippen MR) is 75.6 cm³/mol. The molecule has 0 saturated carbocycles. The van der Waals surface area contributed by atoms with Crippen LogP contribution in [-0.4, -0.2) is 19.7 Å². The Morgan fingerprint density at radius 3 is 2.75 bits per heavy atom. The highest BCUT2D eigenvalue weighted by Gasteiger charge is 2.14. The number of rotatable bonds is 5. The predicted octanol–water partition coefficient (Wildman–Crippen LogP) is 3.94. The van der Waals surface area contributed by atoms with Crippen molar-refractivity contribution in [3.05, 3.63) is 41.7 Å². The number of halogens is 1. The van der Waals surface area contributed by atoms with Gasteiger partial charge in [0.05, 0.1) is 19.3 Å². The number of ether oxygens (including phenoxy) is 2. The topological polar surface area (TPSA) is 35.5 Å². The monoisotopic (exact) mass is 276 g/mol. The summed E-state index contributed by atoms with van der Waals surface area (Å²) in [5.41, 5.74) is -0.0559. The van der Waals surface area contributed by atoms with Crippen LogP contribution in [0.2, 0.25) is 0 Å². The van der Waals surface area contributed by atoms with Crippen LogP contribution in [0.25, 0.3) is 10.8 Å². The van der Waals surface area contributed by atoms with Gasteiger partial charge in [-0.05, 0) is 36.1 Å². The van der Waals surface area contributed by atoms with Gasteiger partial charge >= 0.3 is 5.97 Å². The molecule has 0 radical (unpaired) electrons. The van der Waals surface area contributed by atoms with Crippen molar-refractivity contribution in [1.29, 1.82) is 0 Å². The summed E-state index contributed by atoms with van der Waals surface area (Å²) in [5.74, 6) is -0.529. The molecule has 2 rings (SSSR count). The molecular formula is C16H17FO3. The molecule has 0 saturated heterocycles.